The number of nitriles is 1. The van der Waals surface area contributed by atoms with Crippen LogP contribution in [0.25, 0.3) is 0 Å². The largest absolute Gasteiger partial charge is 0.461 e. The van der Waals surface area contributed by atoms with E-state index in [0.29, 0.717) is 6.61 Å². The van der Waals surface area contributed by atoms with Gasteiger partial charge in [0, 0.05) is 0 Å². The predicted molar refractivity (Wildman–Crippen MR) is 135 cm³/mol. The molecule has 1 aliphatic rings. The van der Waals surface area contributed by atoms with E-state index in [1.807, 2.05) is 60.7 Å². The number of ether oxygens (including phenoxy) is 3. The third kappa shape index (κ3) is 9.75. The van der Waals surface area contributed by atoms with Crippen molar-refractivity contribution in [3.05, 3.63) is 71.8 Å². The molecule has 2 aromatic rings. The SMILES string of the molecule is C[Si](C)(C)OCC(OC(C#N)CCl)c1ccccc1.O=C1OCC(c2ccccc2)OC1CCl. The Bertz CT molecular complexity index is 905. The molecular formula is C25H31Cl2NO5Si. The van der Waals surface area contributed by atoms with Gasteiger partial charge in [0.2, 0.25) is 0 Å². The van der Waals surface area contributed by atoms with Crippen LogP contribution in [-0.4, -0.2) is 51.5 Å². The first-order chi connectivity index (χ1) is 16.3. The normalized spacial score (nSPS) is 19.7. The van der Waals surface area contributed by atoms with Crippen molar-refractivity contribution in [1.82, 2.24) is 0 Å². The first kappa shape index (κ1) is 28.3. The number of hydrogen-bond acceptors (Lipinski definition) is 6. The predicted octanol–water partition coefficient (Wildman–Crippen LogP) is 5.64. The standard InChI is InChI=1S/C14H20ClNO2Si.C11H11ClO3/c1-19(2,3)17-11-14(18-13(9-15)10-16)12-7-5-4-6-8-12;12-6-9-11(13)14-7-10(15-9)8-4-2-1-3-5-8/h4-8,13-14H,9,11H2,1-3H3;1-5,9-10H,6-7H2. The summed E-state index contributed by atoms with van der Waals surface area (Å²) in [6.45, 7) is 7.08. The Balaban J connectivity index is 0.000000246. The molecule has 0 spiro atoms. The van der Waals surface area contributed by atoms with Crippen LogP contribution in [0.2, 0.25) is 19.6 Å². The maximum absolute atomic E-state index is 11.2. The number of carbonyl (C=O) groups is 1. The minimum atomic E-state index is -1.62. The maximum Gasteiger partial charge on any atom is 0.336 e. The molecule has 0 saturated carbocycles. The molecule has 0 aromatic heterocycles. The quantitative estimate of drug-likeness (QED) is 0.240. The molecule has 0 amide bonds. The Morgan fingerprint density at radius 3 is 2.24 bits per heavy atom. The highest BCUT2D eigenvalue weighted by molar-refractivity contribution is 6.69. The van der Waals surface area contributed by atoms with Gasteiger partial charge in [-0.3, -0.25) is 0 Å². The van der Waals surface area contributed by atoms with Crippen molar-refractivity contribution in [2.24, 2.45) is 0 Å². The van der Waals surface area contributed by atoms with E-state index >= 15 is 0 Å². The highest BCUT2D eigenvalue weighted by atomic mass is 35.5. The Labute approximate surface area is 212 Å². The highest BCUT2D eigenvalue weighted by Crippen LogP contribution is 2.24. The van der Waals surface area contributed by atoms with Crippen molar-refractivity contribution in [2.45, 2.75) is 44.1 Å². The lowest BCUT2D eigenvalue weighted by Gasteiger charge is -2.28. The molecule has 6 nitrogen and oxygen atoms in total. The number of hydrogen-bond donors (Lipinski definition) is 0. The molecule has 0 radical (unpaired) electrons. The van der Waals surface area contributed by atoms with Crippen LogP contribution in [0.5, 0.6) is 0 Å². The van der Waals surface area contributed by atoms with Crippen LogP contribution < -0.4 is 0 Å². The van der Waals surface area contributed by atoms with Gasteiger partial charge in [-0.1, -0.05) is 60.7 Å². The molecule has 4 atom stereocenters. The van der Waals surface area contributed by atoms with E-state index in [9.17, 15) is 4.79 Å². The van der Waals surface area contributed by atoms with E-state index in [1.54, 1.807) is 0 Å². The minimum Gasteiger partial charge on any atom is -0.461 e. The van der Waals surface area contributed by atoms with Crippen molar-refractivity contribution in [3.8, 4) is 6.07 Å². The first-order valence-electron chi connectivity index (χ1n) is 11.0. The van der Waals surface area contributed by atoms with Crippen LogP contribution in [0.1, 0.15) is 23.3 Å². The number of benzene rings is 2. The van der Waals surface area contributed by atoms with Gasteiger partial charge in [-0.05, 0) is 30.8 Å². The van der Waals surface area contributed by atoms with E-state index in [1.165, 1.54) is 0 Å². The van der Waals surface area contributed by atoms with Crippen molar-refractivity contribution in [1.29, 1.82) is 5.26 Å². The number of rotatable bonds is 9. The summed E-state index contributed by atoms with van der Waals surface area (Å²) in [5.74, 6) is -0.0910. The van der Waals surface area contributed by atoms with Gasteiger partial charge in [-0.2, -0.15) is 5.26 Å². The molecule has 1 aliphatic heterocycles. The zero-order chi connectivity index (χ0) is 25.0. The molecule has 9 heteroatoms. The summed E-state index contributed by atoms with van der Waals surface area (Å²) in [4.78, 5) is 11.2. The Kier molecular flexibility index (Phi) is 12.1. The van der Waals surface area contributed by atoms with E-state index in [2.05, 4.69) is 25.7 Å². The first-order valence-corrected chi connectivity index (χ1v) is 15.5. The van der Waals surface area contributed by atoms with Crippen LogP contribution in [0.4, 0.5) is 0 Å². The molecule has 2 aromatic carbocycles. The molecule has 0 aliphatic carbocycles. The number of nitrogens with zero attached hydrogens (tertiary/aromatic N) is 1. The smallest absolute Gasteiger partial charge is 0.336 e. The molecule has 1 heterocycles. The molecule has 0 N–H and O–H groups in total. The topological polar surface area (TPSA) is 77.8 Å². The number of halogens is 2. The summed E-state index contributed by atoms with van der Waals surface area (Å²) in [6.07, 6.45) is -1.72. The number of cyclic esters (lactones) is 1. The third-order valence-corrected chi connectivity index (χ3v) is 6.32. The van der Waals surface area contributed by atoms with Crippen LogP contribution >= 0.6 is 23.2 Å². The molecule has 3 rings (SSSR count). The zero-order valence-corrected chi connectivity index (χ0v) is 22.2. The summed E-state index contributed by atoms with van der Waals surface area (Å²) >= 11 is 11.3. The number of alkyl halides is 2. The second-order valence-corrected chi connectivity index (χ2v) is 13.7. The second kappa shape index (κ2) is 14.5. The summed E-state index contributed by atoms with van der Waals surface area (Å²) in [5.41, 5.74) is 2.01. The van der Waals surface area contributed by atoms with Gasteiger partial charge in [0.25, 0.3) is 0 Å². The van der Waals surface area contributed by atoms with Crippen LogP contribution in [0.15, 0.2) is 60.7 Å². The molecule has 34 heavy (non-hydrogen) atoms. The molecule has 1 saturated heterocycles. The van der Waals surface area contributed by atoms with Gasteiger partial charge >= 0.3 is 5.97 Å². The average molecular weight is 525 g/mol. The fraction of sp³-hybridized carbons (Fsp3) is 0.440. The lowest BCUT2D eigenvalue weighted by Crippen LogP contribution is -2.37. The van der Waals surface area contributed by atoms with Crippen molar-refractivity contribution in [3.63, 3.8) is 0 Å². The highest BCUT2D eigenvalue weighted by Gasteiger charge is 2.31. The maximum atomic E-state index is 11.2. The fourth-order valence-electron chi connectivity index (χ4n) is 2.99. The zero-order valence-electron chi connectivity index (χ0n) is 19.7. The van der Waals surface area contributed by atoms with E-state index in [-0.39, 0.29) is 36.5 Å². The van der Waals surface area contributed by atoms with Crippen LogP contribution in [0.3, 0.4) is 0 Å². The average Bonchev–Trinajstić information content (AvgIpc) is 2.85. The van der Waals surface area contributed by atoms with Gasteiger partial charge in [-0.25, -0.2) is 4.79 Å². The molecule has 1 fully saturated rings. The van der Waals surface area contributed by atoms with E-state index in [0.717, 1.165) is 11.1 Å². The Hall–Kier alpha value is -1.92. The van der Waals surface area contributed by atoms with Gasteiger partial charge in [0.1, 0.15) is 18.8 Å². The minimum absolute atomic E-state index is 0.127. The van der Waals surface area contributed by atoms with E-state index in [4.69, 9.17) is 47.1 Å². The van der Waals surface area contributed by atoms with Crippen molar-refractivity contribution in [2.75, 3.05) is 25.0 Å². The molecule has 4 unspecified atom stereocenters. The summed E-state index contributed by atoms with van der Waals surface area (Å²) in [6, 6.07) is 21.5. The second-order valence-electron chi connectivity index (χ2n) is 8.54. The van der Waals surface area contributed by atoms with Crippen LogP contribution in [-0.2, 0) is 23.4 Å². The molecular weight excluding hydrogens is 493 g/mol. The lowest BCUT2D eigenvalue weighted by atomic mass is 10.1. The Morgan fingerprint density at radius 2 is 1.71 bits per heavy atom. The number of esters is 1. The van der Waals surface area contributed by atoms with Gasteiger partial charge in [0.05, 0.1) is 24.4 Å². The summed E-state index contributed by atoms with van der Waals surface area (Å²) in [7, 11) is -1.62. The van der Waals surface area contributed by atoms with Crippen molar-refractivity contribution >= 4 is 37.5 Å². The molecule has 0 bridgehead atoms. The summed E-state index contributed by atoms with van der Waals surface area (Å²) in [5, 5.41) is 8.96. The number of carbonyl (C=O) groups excluding carboxylic acids is 1. The Morgan fingerprint density at radius 1 is 1.09 bits per heavy atom. The molecule has 184 valence electrons. The van der Waals surface area contributed by atoms with Crippen LogP contribution in [0, 0.1) is 11.3 Å². The summed E-state index contributed by atoms with van der Waals surface area (Å²) < 4.78 is 22.2. The third-order valence-electron chi connectivity index (χ3n) is 4.73. The monoisotopic (exact) mass is 523 g/mol. The van der Waals surface area contributed by atoms with E-state index < -0.39 is 20.5 Å². The fourth-order valence-corrected chi connectivity index (χ4v) is 3.98. The van der Waals surface area contributed by atoms with Crippen molar-refractivity contribution < 1.29 is 23.4 Å². The van der Waals surface area contributed by atoms with Gasteiger partial charge < -0.3 is 18.6 Å². The lowest BCUT2D eigenvalue weighted by molar-refractivity contribution is -0.181. The van der Waals surface area contributed by atoms with Gasteiger partial charge in [0.15, 0.2) is 20.5 Å². The van der Waals surface area contributed by atoms with Gasteiger partial charge in [-0.15, -0.1) is 23.2 Å².